The molecule has 3 N–H and O–H groups in total. The number of carbonyl (C=O) groups excluding carboxylic acids is 1. The van der Waals surface area contributed by atoms with Crippen LogP contribution in [-0.4, -0.2) is 24.7 Å². The fourth-order valence-electron chi connectivity index (χ4n) is 2.14. The van der Waals surface area contributed by atoms with Crippen molar-refractivity contribution in [2.24, 2.45) is 0 Å². The van der Waals surface area contributed by atoms with Gasteiger partial charge in [-0.15, -0.1) is 0 Å². The number of phenols is 1. The summed E-state index contributed by atoms with van der Waals surface area (Å²) in [6.07, 6.45) is 0.826. The van der Waals surface area contributed by atoms with Crippen molar-refractivity contribution in [2.75, 3.05) is 13.7 Å². The lowest BCUT2D eigenvalue weighted by molar-refractivity contribution is -0.670. The first-order valence-corrected chi connectivity index (χ1v) is 6.96. The Kier molecular flexibility index (Phi) is 7.63. The van der Waals surface area contributed by atoms with Crippen LogP contribution in [0.4, 0.5) is 0 Å². The van der Waals surface area contributed by atoms with E-state index < -0.39 is 0 Å². The average Bonchev–Trinajstić information content (AvgIpc) is 2.53. The van der Waals surface area contributed by atoms with Crippen molar-refractivity contribution < 1.29 is 36.9 Å². The van der Waals surface area contributed by atoms with Crippen molar-refractivity contribution in [3.8, 4) is 5.75 Å². The first-order chi connectivity index (χ1) is 10.2. The smallest absolute Gasteiger partial charge is 0.337 e. The second-order valence-corrected chi connectivity index (χ2v) is 4.85. The summed E-state index contributed by atoms with van der Waals surface area (Å²) in [5, 5.41) is 11.9. The molecule has 0 radical (unpaired) electrons. The van der Waals surface area contributed by atoms with E-state index in [1.807, 2.05) is 30.3 Å². The highest BCUT2D eigenvalue weighted by atomic mass is 79.9. The van der Waals surface area contributed by atoms with Gasteiger partial charge >= 0.3 is 5.97 Å². The monoisotopic (exact) mass is 365 g/mol. The van der Waals surface area contributed by atoms with E-state index in [0.717, 1.165) is 30.6 Å². The van der Waals surface area contributed by atoms with E-state index in [1.165, 1.54) is 7.11 Å². The number of rotatable bonds is 6. The van der Waals surface area contributed by atoms with Crippen LogP contribution >= 0.6 is 0 Å². The first-order valence-electron chi connectivity index (χ1n) is 6.96. The van der Waals surface area contributed by atoms with Crippen molar-refractivity contribution in [2.45, 2.75) is 13.0 Å². The van der Waals surface area contributed by atoms with E-state index in [2.05, 4.69) is 10.1 Å². The summed E-state index contributed by atoms with van der Waals surface area (Å²) in [6, 6.07) is 14.8. The predicted molar refractivity (Wildman–Crippen MR) is 80.1 cm³/mol. The van der Waals surface area contributed by atoms with Gasteiger partial charge < -0.3 is 32.1 Å². The Bertz CT molecular complexity index is 599. The van der Waals surface area contributed by atoms with Gasteiger partial charge in [-0.1, -0.05) is 30.3 Å². The van der Waals surface area contributed by atoms with Crippen molar-refractivity contribution >= 4 is 5.97 Å². The summed E-state index contributed by atoms with van der Waals surface area (Å²) in [7, 11) is 1.38. The van der Waals surface area contributed by atoms with Gasteiger partial charge in [0, 0.05) is 12.0 Å². The number of halogens is 1. The Morgan fingerprint density at radius 3 is 2.45 bits per heavy atom. The number of phenolic OH excluding ortho intramolecular Hbond substituents is 1. The summed E-state index contributed by atoms with van der Waals surface area (Å²) < 4.78 is 4.66. The molecule has 118 valence electrons. The molecular weight excluding hydrogens is 346 g/mol. The molecule has 2 rings (SSSR count). The molecule has 0 heterocycles. The molecule has 2 aromatic carbocycles. The molecular formula is C17H20BrNO3. The van der Waals surface area contributed by atoms with E-state index in [1.54, 1.807) is 18.2 Å². The summed E-state index contributed by atoms with van der Waals surface area (Å²) >= 11 is 0. The number of esters is 1. The predicted octanol–water partition coefficient (Wildman–Crippen LogP) is -1.51. The lowest BCUT2D eigenvalue weighted by Gasteiger charge is -2.05. The second-order valence-electron chi connectivity index (χ2n) is 4.85. The van der Waals surface area contributed by atoms with Crippen molar-refractivity contribution in [1.29, 1.82) is 0 Å². The average molecular weight is 366 g/mol. The lowest BCUT2D eigenvalue weighted by Crippen LogP contribution is -3.00. The van der Waals surface area contributed by atoms with E-state index in [9.17, 15) is 9.90 Å². The van der Waals surface area contributed by atoms with Gasteiger partial charge in [0.15, 0.2) is 0 Å². The van der Waals surface area contributed by atoms with Gasteiger partial charge in [-0.2, -0.15) is 0 Å². The van der Waals surface area contributed by atoms with Crippen molar-refractivity contribution in [3.05, 3.63) is 65.2 Å². The molecule has 0 aliphatic heterocycles. The van der Waals surface area contributed by atoms with Crippen LogP contribution in [0.5, 0.6) is 5.75 Å². The van der Waals surface area contributed by atoms with Gasteiger partial charge in [0.05, 0.1) is 19.2 Å². The maximum Gasteiger partial charge on any atom is 0.337 e. The van der Waals surface area contributed by atoms with Crippen molar-refractivity contribution in [3.63, 3.8) is 0 Å². The fraction of sp³-hybridized carbons (Fsp3) is 0.235. The Morgan fingerprint density at radius 2 is 1.82 bits per heavy atom. The molecule has 0 unspecified atom stereocenters. The van der Waals surface area contributed by atoms with Gasteiger partial charge in [0.1, 0.15) is 12.3 Å². The molecule has 0 amide bonds. The normalized spacial score (nSPS) is 9.86. The zero-order chi connectivity index (χ0) is 15.1. The lowest BCUT2D eigenvalue weighted by atomic mass is 10.1. The largest absolute Gasteiger partial charge is 1.00 e. The Balaban J connectivity index is 0.00000242. The highest BCUT2D eigenvalue weighted by Crippen LogP contribution is 2.14. The number of aromatic hydroxyl groups is 1. The van der Waals surface area contributed by atoms with Crippen LogP contribution in [0.1, 0.15) is 21.5 Å². The number of hydrogen-bond donors (Lipinski definition) is 2. The minimum absolute atomic E-state index is 0. The second kappa shape index (κ2) is 9.23. The van der Waals surface area contributed by atoms with Crippen LogP contribution in [0, 0.1) is 0 Å². The quantitative estimate of drug-likeness (QED) is 0.483. The Hall–Kier alpha value is -1.85. The van der Waals surface area contributed by atoms with E-state index in [4.69, 9.17) is 0 Å². The molecule has 0 saturated carbocycles. The Labute approximate surface area is 140 Å². The number of quaternary nitrogens is 1. The maximum absolute atomic E-state index is 11.3. The molecule has 0 aliphatic rings. The standard InChI is InChI=1S/C17H19NO3.BrH/c1-21-17(20)15-8-6-13(7-9-15)12-18-11-10-14-4-2-3-5-16(14)19;/h2-9,18-19H,10-12H2,1H3;1H. The number of para-hydroxylation sites is 1. The highest BCUT2D eigenvalue weighted by molar-refractivity contribution is 5.89. The molecule has 0 bridgehead atoms. The highest BCUT2D eigenvalue weighted by Gasteiger charge is 2.05. The molecule has 0 saturated heterocycles. The number of nitrogens with two attached hydrogens (primary N) is 1. The van der Waals surface area contributed by atoms with E-state index >= 15 is 0 Å². The van der Waals surface area contributed by atoms with E-state index in [0.29, 0.717) is 11.3 Å². The molecule has 22 heavy (non-hydrogen) atoms. The topological polar surface area (TPSA) is 63.1 Å². The number of carbonyl (C=O) groups is 1. The Morgan fingerprint density at radius 1 is 1.14 bits per heavy atom. The first kappa shape index (κ1) is 18.2. The third kappa shape index (κ3) is 5.16. The third-order valence-corrected chi connectivity index (χ3v) is 3.36. The number of hydrogen-bond acceptors (Lipinski definition) is 3. The number of methoxy groups -OCH3 is 1. The zero-order valence-corrected chi connectivity index (χ0v) is 14.0. The summed E-state index contributed by atoms with van der Waals surface area (Å²) in [4.78, 5) is 11.3. The van der Waals surface area contributed by atoms with Gasteiger partial charge in [0.2, 0.25) is 0 Å². The molecule has 4 nitrogen and oxygen atoms in total. The molecule has 2 aromatic rings. The molecule has 0 spiro atoms. The van der Waals surface area contributed by atoms with Crippen molar-refractivity contribution in [1.82, 2.24) is 0 Å². The third-order valence-electron chi connectivity index (χ3n) is 3.36. The molecule has 0 aliphatic carbocycles. The summed E-state index contributed by atoms with van der Waals surface area (Å²) in [5.41, 5.74) is 2.69. The minimum Gasteiger partial charge on any atom is -1.00 e. The fourth-order valence-corrected chi connectivity index (χ4v) is 2.14. The van der Waals surface area contributed by atoms with Gasteiger partial charge in [-0.05, 0) is 23.8 Å². The van der Waals surface area contributed by atoms with Crippen LogP contribution in [0.15, 0.2) is 48.5 Å². The van der Waals surface area contributed by atoms with Crippen LogP contribution in [-0.2, 0) is 17.7 Å². The summed E-state index contributed by atoms with van der Waals surface area (Å²) in [6.45, 7) is 1.74. The zero-order valence-electron chi connectivity index (χ0n) is 12.5. The van der Waals surface area contributed by atoms with Gasteiger partial charge in [0.25, 0.3) is 0 Å². The maximum atomic E-state index is 11.3. The molecule has 0 atom stereocenters. The van der Waals surface area contributed by atoms with Gasteiger partial charge in [-0.3, -0.25) is 0 Å². The summed E-state index contributed by atoms with van der Waals surface area (Å²) in [5.74, 6) is 0.0402. The minimum atomic E-state index is -0.315. The molecule has 0 fully saturated rings. The van der Waals surface area contributed by atoms with Crippen LogP contribution in [0.3, 0.4) is 0 Å². The molecule has 0 aromatic heterocycles. The SMILES string of the molecule is COC(=O)c1ccc(C[NH2+]CCc2ccccc2O)cc1.[Br-]. The van der Waals surface area contributed by atoms with E-state index in [-0.39, 0.29) is 23.0 Å². The van der Waals surface area contributed by atoms with Crippen LogP contribution in [0.25, 0.3) is 0 Å². The van der Waals surface area contributed by atoms with Gasteiger partial charge in [-0.25, -0.2) is 4.79 Å². The number of ether oxygens (including phenoxy) is 1. The number of benzene rings is 2. The van der Waals surface area contributed by atoms with Crippen LogP contribution < -0.4 is 22.3 Å². The molecule has 5 heteroatoms. The van der Waals surface area contributed by atoms with Crippen LogP contribution in [0.2, 0.25) is 0 Å².